The minimum Gasteiger partial charge on any atom is -0.508 e. The van der Waals surface area contributed by atoms with Crippen LogP contribution in [0.25, 0.3) is 0 Å². The molecule has 0 heterocycles. The van der Waals surface area contributed by atoms with Gasteiger partial charge in [-0.3, -0.25) is 9.69 Å². The van der Waals surface area contributed by atoms with E-state index < -0.39 is 11.7 Å². The predicted molar refractivity (Wildman–Crippen MR) is 101 cm³/mol. The van der Waals surface area contributed by atoms with Gasteiger partial charge >= 0.3 is 0 Å². The van der Waals surface area contributed by atoms with Gasteiger partial charge in [0.05, 0.1) is 0 Å². The molecule has 0 spiro atoms. The summed E-state index contributed by atoms with van der Waals surface area (Å²) < 4.78 is 13.9. The summed E-state index contributed by atoms with van der Waals surface area (Å²) in [5.41, 5.74) is 1.52. The van der Waals surface area contributed by atoms with Crippen molar-refractivity contribution in [3.63, 3.8) is 0 Å². The fraction of sp³-hybridized carbons (Fsp3) is 0.0952. The number of phenols is 2. The molecule has 3 rings (SSSR count). The molecule has 4 nitrogen and oxygen atoms in total. The van der Waals surface area contributed by atoms with Crippen LogP contribution in [0.2, 0.25) is 0 Å². The van der Waals surface area contributed by atoms with Gasteiger partial charge in [0, 0.05) is 16.9 Å². The maximum Gasteiger partial charge on any atom is 0.263 e. The number of phenolic OH excluding ortho intramolecular Hbond substituents is 2. The average Bonchev–Trinajstić information content (AvgIpc) is 2.61. The van der Waals surface area contributed by atoms with E-state index in [1.807, 2.05) is 0 Å². The van der Waals surface area contributed by atoms with Crippen molar-refractivity contribution >= 4 is 17.3 Å². The van der Waals surface area contributed by atoms with Gasteiger partial charge in [0.2, 0.25) is 0 Å². The molecule has 0 bridgehead atoms. The third-order valence-corrected chi connectivity index (χ3v) is 3.92. The lowest BCUT2D eigenvalue weighted by Crippen LogP contribution is -2.26. The maximum absolute atomic E-state index is 13.9. The Bertz CT molecular complexity index is 860. The van der Waals surface area contributed by atoms with Crippen LogP contribution in [0.4, 0.5) is 15.8 Å². The van der Waals surface area contributed by atoms with Gasteiger partial charge in [-0.15, -0.1) is 0 Å². The largest absolute Gasteiger partial charge is 0.508 e. The van der Waals surface area contributed by atoms with Crippen molar-refractivity contribution in [3.05, 3.63) is 83.7 Å². The standard InChI is InChI=1S/C20H16FNO3.CH4/c1-13-18(3-2-4-19(13)21)20(25)22(14-5-9-16(23)10-6-14)15-7-11-17(24)12-8-15;/h2-12,23-24H,1H3;1H4. The van der Waals surface area contributed by atoms with Crippen LogP contribution in [0, 0.1) is 12.7 Å². The molecule has 0 atom stereocenters. The second-order valence-electron chi connectivity index (χ2n) is 5.59. The van der Waals surface area contributed by atoms with E-state index in [2.05, 4.69) is 0 Å². The summed E-state index contributed by atoms with van der Waals surface area (Å²) in [6, 6.07) is 16.6. The first-order chi connectivity index (χ1) is 12.0. The maximum atomic E-state index is 13.9. The Hall–Kier alpha value is -3.34. The van der Waals surface area contributed by atoms with Crippen LogP contribution in [0.5, 0.6) is 11.5 Å². The Labute approximate surface area is 151 Å². The highest BCUT2D eigenvalue weighted by Crippen LogP contribution is 2.31. The molecule has 1 amide bonds. The lowest BCUT2D eigenvalue weighted by molar-refractivity contribution is 0.0998. The van der Waals surface area contributed by atoms with E-state index in [9.17, 15) is 19.4 Å². The van der Waals surface area contributed by atoms with Crippen LogP contribution < -0.4 is 4.90 Å². The van der Waals surface area contributed by atoms with Gasteiger partial charge in [-0.05, 0) is 73.2 Å². The number of carbonyl (C=O) groups is 1. The van der Waals surface area contributed by atoms with E-state index in [1.165, 1.54) is 41.3 Å². The molecule has 0 aliphatic carbocycles. The number of hydrogen-bond acceptors (Lipinski definition) is 3. The van der Waals surface area contributed by atoms with E-state index in [1.54, 1.807) is 37.3 Å². The monoisotopic (exact) mass is 353 g/mol. The van der Waals surface area contributed by atoms with Crippen LogP contribution in [-0.2, 0) is 0 Å². The number of aromatic hydroxyl groups is 2. The Morgan fingerprint density at radius 3 is 1.77 bits per heavy atom. The molecule has 26 heavy (non-hydrogen) atoms. The topological polar surface area (TPSA) is 60.8 Å². The second-order valence-corrected chi connectivity index (χ2v) is 5.59. The zero-order chi connectivity index (χ0) is 18.0. The summed E-state index contributed by atoms with van der Waals surface area (Å²) >= 11 is 0. The highest BCUT2D eigenvalue weighted by molar-refractivity contribution is 6.11. The molecule has 0 radical (unpaired) electrons. The van der Waals surface area contributed by atoms with Gasteiger partial charge in [0.15, 0.2) is 0 Å². The van der Waals surface area contributed by atoms with Crippen LogP contribution in [0.15, 0.2) is 66.7 Å². The van der Waals surface area contributed by atoms with Crippen molar-refractivity contribution < 1.29 is 19.4 Å². The van der Waals surface area contributed by atoms with Crippen LogP contribution in [0.3, 0.4) is 0 Å². The van der Waals surface area contributed by atoms with Gasteiger partial charge in [0.25, 0.3) is 5.91 Å². The highest BCUT2D eigenvalue weighted by Gasteiger charge is 2.22. The molecule has 0 saturated heterocycles. The van der Waals surface area contributed by atoms with Gasteiger partial charge in [-0.25, -0.2) is 4.39 Å². The number of benzene rings is 3. The molecule has 3 aromatic rings. The first-order valence-electron chi connectivity index (χ1n) is 7.65. The molecule has 0 aliphatic heterocycles. The van der Waals surface area contributed by atoms with E-state index in [4.69, 9.17) is 0 Å². The summed E-state index contributed by atoms with van der Waals surface area (Å²) in [5.74, 6) is -0.719. The van der Waals surface area contributed by atoms with E-state index >= 15 is 0 Å². The van der Waals surface area contributed by atoms with Crippen molar-refractivity contribution in [1.82, 2.24) is 0 Å². The molecule has 0 saturated carbocycles. The van der Waals surface area contributed by atoms with E-state index in [-0.39, 0.29) is 30.1 Å². The average molecular weight is 353 g/mol. The molecule has 0 aliphatic rings. The van der Waals surface area contributed by atoms with Crippen molar-refractivity contribution in [2.24, 2.45) is 0 Å². The van der Waals surface area contributed by atoms with Gasteiger partial charge in [-0.2, -0.15) is 0 Å². The van der Waals surface area contributed by atoms with Crippen LogP contribution in [0.1, 0.15) is 23.3 Å². The number of anilines is 2. The normalized spacial score (nSPS) is 10.1. The number of halogens is 1. The first-order valence-corrected chi connectivity index (χ1v) is 7.65. The van der Waals surface area contributed by atoms with Gasteiger partial charge < -0.3 is 10.2 Å². The predicted octanol–water partition coefficient (Wildman–Crippen LogP) is 5.16. The third-order valence-electron chi connectivity index (χ3n) is 3.92. The third kappa shape index (κ3) is 3.67. The van der Waals surface area contributed by atoms with E-state index in [0.717, 1.165) is 0 Å². The van der Waals surface area contributed by atoms with Crippen molar-refractivity contribution in [2.75, 3.05) is 4.90 Å². The first kappa shape index (κ1) is 19.0. The zero-order valence-electron chi connectivity index (χ0n) is 13.5. The number of nitrogens with zero attached hydrogens (tertiary/aromatic N) is 1. The number of hydrogen-bond donors (Lipinski definition) is 2. The second kappa shape index (κ2) is 7.70. The lowest BCUT2D eigenvalue weighted by Gasteiger charge is -2.24. The Morgan fingerprint density at radius 2 is 1.31 bits per heavy atom. The molecular weight excluding hydrogens is 333 g/mol. The molecule has 3 aromatic carbocycles. The number of rotatable bonds is 3. The van der Waals surface area contributed by atoms with Crippen molar-refractivity contribution in [3.8, 4) is 11.5 Å². The summed E-state index contributed by atoms with van der Waals surface area (Å²) in [6.45, 7) is 1.55. The zero-order valence-corrected chi connectivity index (χ0v) is 13.5. The van der Waals surface area contributed by atoms with Crippen LogP contribution in [-0.4, -0.2) is 16.1 Å². The molecule has 0 fully saturated rings. The Kier molecular flexibility index (Phi) is 5.62. The SMILES string of the molecule is C.Cc1c(F)cccc1C(=O)N(c1ccc(O)cc1)c1ccc(O)cc1. The lowest BCUT2D eigenvalue weighted by atomic mass is 10.1. The van der Waals surface area contributed by atoms with Crippen molar-refractivity contribution in [1.29, 1.82) is 0 Å². The van der Waals surface area contributed by atoms with Crippen molar-refractivity contribution in [2.45, 2.75) is 14.4 Å². The molecular formula is C21H20FNO3. The van der Waals surface area contributed by atoms with Gasteiger partial charge in [0.1, 0.15) is 17.3 Å². The smallest absolute Gasteiger partial charge is 0.263 e. The molecule has 5 heteroatoms. The molecule has 2 N–H and O–H groups in total. The number of carbonyl (C=O) groups excluding carboxylic acids is 1. The number of amides is 1. The molecule has 134 valence electrons. The minimum absolute atomic E-state index is 0. The summed E-state index contributed by atoms with van der Waals surface area (Å²) in [7, 11) is 0. The summed E-state index contributed by atoms with van der Waals surface area (Å²) in [5, 5.41) is 19.0. The quantitative estimate of drug-likeness (QED) is 0.684. The van der Waals surface area contributed by atoms with Crippen LogP contribution >= 0.6 is 0 Å². The fourth-order valence-corrected chi connectivity index (χ4v) is 2.55. The summed E-state index contributed by atoms with van der Waals surface area (Å²) in [4.78, 5) is 14.5. The highest BCUT2D eigenvalue weighted by atomic mass is 19.1. The summed E-state index contributed by atoms with van der Waals surface area (Å²) in [6.07, 6.45) is 0. The minimum atomic E-state index is -0.456. The molecule has 0 unspecified atom stereocenters. The fourth-order valence-electron chi connectivity index (χ4n) is 2.55. The van der Waals surface area contributed by atoms with E-state index in [0.29, 0.717) is 11.4 Å². The molecule has 0 aromatic heterocycles. The Morgan fingerprint density at radius 1 is 0.846 bits per heavy atom. The Balaban J connectivity index is 0.00000243. The van der Waals surface area contributed by atoms with Gasteiger partial charge in [-0.1, -0.05) is 13.5 Å².